The van der Waals surface area contributed by atoms with Gasteiger partial charge in [-0.2, -0.15) is 10.2 Å². The summed E-state index contributed by atoms with van der Waals surface area (Å²) in [6.45, 7) is 0.684. The van der Waals surface area contributed by atoms with Gasteiger partial charge < -0.3 is 10.0 Å². The van der Waals surface area contributed by atoms with Crippen LogP contribution in [0.1, 0.15) is 24.4 Å². The number of aromatic nitrogens is 6. The average molecular weight is 459 g/mol. The van der Waals surface area contributed by atoms with E-state index in [0.717, 1.165) is 23.6 Å². The summed E-state index contributed by atoms with van der Waals surface area (Å²) < 4.78 is 31.7. The molecule has 34 heavy (non-hydrogen) atoms. The van der Waals surface area contributed by atoms with E-state index < -0.39 is 11.6 Å². The third kappa shape index (κ3) is 3.43. The molecule has 1 aromatic carbocycles. The maximum atomic E-state index is 14.5. The summed E-state index contributed by atoms with van der Waals surface area (Å²) in [6.07, 6.45) is 11.5. The van der Waals surface area contributed by atoms with Crippen molar-refractivity contribution in [3.8, 4) is 22.6 Å². The molecule has 1 atom stereocenters. The summed E-state index contributed by atoms with van der Waals surface area (Å²) in [5, 5.41) is 18.5. The van der Waals surface area contributed by atoms with Crippen LogP contribution in [0.15, 0.2) is 67.5 Å². The molecule has 1 N–H and O–H groups in total. The van der Waals surface area contributed by atoms with Crippen LogP contribution in [0.25, 0.3) is 22.5 Å². The minimum absolute atomic E-state index is 0.0717. The van der Waals surface area contributed by atoms with Crippen LogP contribution in [0.2, 0.25) is 0 Å². The zero-order valence-corrected chi connectivity index (χ0v) is 17.9. The highest BCUT2D eigenvalue weighted by Crippen LogP contribution is 2.37. The third-order valence-electron chi connectivity index (χ3n) is 6.09. The predicted molar refractivity (Wildman–Crippen MR) is 121 cm³/mol. The van der Waals surface area contributed by atoms with Crippen LogP contribution in [-0.4, -0.2) is 41.0 Å². The first-order valence-electron chi connectivity index (χ1n) is 10.8. The van der Waals surface area contributed by atoms with E-state index in [2.05, 4.69) is 15.2 Å². The number of hydrogen-bond donors (Lipinski definition) is 1. The van der Waals surface area contributed by atoms with Crippen molar-refractivity contribution in [2.75, 3.05) is 11.4 Å². The van der Waals surface area contributed by atoms with E-state index >= 15 is 0 Å². The van der Waals surface area contributed by atoms with E-state index in [1.807, 2.05) is 17.2 Å². The highest BCUT2D eigenvalue weighted by atomic mass is 19.1. The number of aromatic hydroxyl groups is 1. The molecule has 0 bridgehead atoms. The Kier molecular flexibility index (Phi) is 4.72. The van der Waals surface area contributed by atoms with Crippen LogP contribution in [0.3, 0.4) is 0 Å². The number of benzene rings is 1. The second-order valence-electron chi connectivity index (χ2n) is 8.21. The summed E-state index contributed by atoms with van der Waals surface area (Å²) in [5.74, 6) is -0.150. The summed E-state index contributed by atoms with van der Waals surface area (Å²) >= 11 is 0. The molecular weight excluding hydrogens is 440 g/mol. The fourth-order valence-corrected chi connectivity index (χ4v) is 4.49. The monoisotopic (exact) mass is 459 g/mol. The first kappa shape index (κ1) is 20.3. The molecule has 0 amide bonds. The van der Waals surface area contributed by atoms with Gasteiger partial charge in [0, 0.05) is 41.8 Å². The number of hydrogen-bond acceptors (Lipinski definition) is 6. The van der Waals surface area contributed by atoms with Gasteiger partial charge in [-0.1, -0.05) is 0 Å². The number of fused-ring (bicyclic) bond motifs is 1. The molecule has 4 aromatic heterocycles. The smallest absolute Gasteiger partial charge is 0.183 e. The Morgan fingerprint density at radius 3 is 2.76 bits per heavy atom. The van der Waals surface area contributed by atoms with Crippen molar-refractivity contribution >= 4 is 11.5 Å². The van der Waals surface area contributed by atoms with Crippen LogP contribution in [-0.2, 0) is 0 Å². The molecule has 6 rings (SSSR count). The Balaban J connectivity index is 1.38. The van der Waals surface area contributed by atoms with Crippen molar-refractivity contribution < 1.29 is 13.9 Å². The van der Waals surface area contributed by atoms with Gasteiger partial charge in [-0.3, -0.25) is 4.98 Å². The predicted octanol–water partition coefficient (Wildman–Crippen LogP) is 4.30. The lowest BCUT2D eigenvalue weighted by Gasteiger charge is -2.26. The molecule has 5 heterocycles. The lowest BCUT2D eigenvalue weighted by Crippen LogP contribution is -2.24. The minimum atomic E-state index is -0.457. The van der Waals surface area contributed by atoms with Crippen LogP contribution in [0, 0.1) is 11.6 Å². The number of pyridine rings is 1. The third-order valence-corrected chi connectivity index (χ3v) is 6.09. The maximum Gasteiger partial charge on any atom is 0.183 e. The second kappa shape index (κ2) is 7.91. The Bertz CT molecular complexity index is 1510. The topological polar surface area (TPSA) is 84.4 Å². The molecular formula is C24H19F2N7O. The summed E-state index contributed by atoms with van der Waals surface area (Å²) in [4.78, 5) is 10.8. The molecule has 10 heteroatoms. The van der Waals surface area contributed by atoms with Gasteiger partial charge in [-0.05, 0) is 43.2 Å². The molecule has 170 valence electrons. The van der Waals surface area contributed by atoms with Crippen molar-refractivity contribution in [1.82, 2.24) is 29.4 Å². The first-order chi connectivity index (χ1) is 16.6. The molecule has 8 nitrogen and oxygen atoms in total. The largest absolute Gasteiger partial charge is 0.506 e. The Morgan fingerprint density at radius 2 is 1.88 bits per heavy atom. The van der Waals surface area contributed by atoms with E-state index in [1.165, 1.54) is 18.3 Å². The molecule has 1 aliphatic heterocycles. The first-order valence-corrected chi connectivity index (χ1v) is 10.8. The highest BCUT2D eigenvalue weighted by Gasteiger charge is 2.30. The zero-order valence-electron chi connectivity index (χ0n) is 17.9. The van der Waals surface area contributed by atoms with E-state index in [4.69, 9.17) is 4.98 Å². The number of rotatable bonds is 4. The number of nitrogens with zero attached hydrogens (tertiary/aromatic N) is 7. The van der Waals surface area contributed by atoms with Gasteiger partial charge in [-0.25, -0.2) is 23.0 Å². The van der Waals surface area contributed by atoms with Crippen LogP contribution < -0.4 is 4.90 Å². The normalized spacial score (nSPS) is 15.9. The molecule has 0 unspecified atom stereocenters. The number of halogens is 2. The van der Waals surface area contributed by atoms with Crippen molar-refractivity contribution in [2.24, 2.45) is 0 Å². The van der Waals surface area contributed by atoms with Gasteiger partial charge >= 0.3 is 0 Å². The lowest BCUT2D eigenvalue weighted by atomic mass is 10.0. The molecule has 0 aliphatic carbocycles. The standard InChI is InChI=1S/C24H19F2N7O/c25-17-3-4-20(26)19(9-17)21-2-1-6-31(21)23-5-7-32-24(30-23)22(13-29-32)33-14-16(11-28-33)15-8-18(34)12-27-10-15/h3-5,7-14,21,34H,1-2,6H2/t21-/m1/s1. The number of anilines is 1. The van der Waals surface area contributed by atoms with Gasteiger partial charge in [-0.15, -0.1) is 0 Å². The summed E-state index contributed by atoms with van der Waals surface area (Å²) in [6, 6.07) is 6.71. The van der Waals surface area contributed by atoms with Crippen LogP contribution in [0.4, 0.5) is 14.6 Å². The van der Waals surface area contributed by atoms with Gasteiger partial charge in [0.25, 0.3) is 0 Å². The minimum Gasteiger partial charge on any atom is -0.506 e. The van der Waals surface area contributed by atoms with Crippen LogP contribution in [0.5, 0.6) is 5.75 Å². The van der Waals surface area contributed by atoms with E-state index in [0.29, 0.717) is 35.7 Å². The Morgan fingerprint density at radius 1 is 0.971 bits per heavy atom. The second-order valence-corrected chi connectivity index (χ2v) is 8.21. The molecule has 0 saturated carbocycles. The molecule has 1 aliphatic rings. The van der Waals surface area contributed by atoms with Gasteiger partial charge in [0.15, 0.2) is 5.65 Å². The highest BCUT2D eigenvalue weighted by molar-refractivity contribution is 5.65. The van der Waals surface area contributed by atoms with Crippen molar-refractivity contribution in [3.63, 3.8) is 0 Å². The van der Waals surface area contributed by atoms with Crippen molar-refractivity contribution in [1.29, 1.82) is 0 Å². The quantitative estimate of drug-likeness (QED) is 0.431. The van der Waals surface area contributed by atoms with E-state index in [9.17, 15) is 13.9 Å². The SMILES string of the molecule is Oc1cncc(-c2cnn(-c3cnn4ccc(N5CCC[C@@H]5c5cc(F)ccc5F)nc34)c2)c1. The average Bonchev–Trinajstić information content (AvgIpc) is 3.59. The van der Waals surface area contributed by atoms with Gasteiger partial charge in [0.2, 0.25) is 0 Å². The zero-order chi connectivity index (χ0) is 23.2. The molecule has 5 aromatic rings. The Hall–Kier alpha value is -4.34. The van der Waals surface area contributed by atoms with Crippen molar-refractivity contribution in [3.05, 3.63) is 84.7 Å². The summed E-state index contributed by atoms with van der Waals surface area (Å²) in [5.41, 5.74) is 3.08. The van der Waals surface area contributed by atoms with E-state index in [-0.39, 0.29) is 11.8 Å². The molecule has 1 saturated heterocycles. The lowest BCUT2D eigenvalue weighted by molar-refractivity contribution is 0.473. The van der Waals surface area contributed by atoms with Crippen molar-refractivity contribution in [2.45, 2.75) is 18.9 Å². The molecule has 0 radical (unpaired) electrons. The van der Waals surface area contributed by atoms with Crippen LogP contribution >= 0.6 is 0 Å². The maximum absolute atomic E-state index is 14.5. The Labute approximate surface area is 192 Å². The molecule has 0 spiro atoms. The van der Waals surface area contributed by atoms with Gasteiger partial charge in [0.1, 0.15) is 28.9 Å². The van der Waals surface area contributed by atoms with Gasteiger partial charge in [0.05, 0.1) is 24.6 Å². The fourth-order valence-electron chi connectivity index (χ4n) is 4.49. The van der Waals surface area contributed by atoms with E-state index in [1.54, 1.807) is 40.1 Å². The summed E-state index contributed by atoms with van der Waals surface area (Å²) in [7, 11) is 0. The molecule has 1 fully saturated rings. The fraction of sp³-hybridized carbons (Fsp3) is 0.167.